The number of nitrogens with zero attached hydrogens (tertiary/aromatic N) is 1. The molecule has 0 amide bonds. The van der Waals surface area contributed by atoms with Gasteiger partial charge in [0.1, 0.15) is 12.5 Å². The number of aryl methyl sites for hydroxylation is 1. The minimum absolute atomic E-state index is 0.318. The number of hydrogen-bond donors (Lipinski definition) is 0. The first kappa shape index (κ1) is 10.3. The maximum absolute atomic E-state index is 11.6. The molecule has 0 atom stereocenters. The summed E-state index contributed by atoms with van der Waals surface area (Å²) in [5, 5.41) is 0. The molecule has 0 saturated carbocycles. The molecule has 0 radical (unpaired) electrons. The Kier molecular flexibility index (Phi) is 2.14. The molecule has 0 aliphatic carbocycles. The Bertz CT molecular complexity index is 481. The van der Waals surface area contributed by atoms with Crippen LogP contribution in [0.25, 0.3) is 0 Å². The van der Waals surface area contributed by atoms with E-state index in [9.17, 15) is 4.79 Å². The van der Waals surface area contributed by atoms with E-state index >= 15 is 0 Å². The van der Waals surface area contributed by atoms with E-state index in [0.717, 1.165) is 18.7 Å². The molecule has 5 nitrogen and oxygen atoms in total. The topological polar surface area (TPSA) is 49.7 Å². The fraction of sp³-hybridized carbons (Fsp3) is 0.417. The fourth-order valence-electron chi connectivity index (χ4n) is 2.37. The van der Waals surface area contributed by atoms with Gasteiger partial charge in [0.25, 0.3) is 5.79 Å². The maximum Gasteiger partial charge on any atom is 0.339 e. The van der Waals surface area contributed by atoms with Crippen LogP contribution in [0.4, 0.5) is 0 Å². The third-order valence-electron chi connectivity index (χ3n) is 3.28. The van der Waals surface area contributed by atoms with Crippen LogP contribution in [0.2, 0.25) is 0 Å². The zero-order chi connectivity index (χ0) is 11.9. The van der Waals surface area contributed by atoms with E-state index in [1.54, 1.807) is 18.6 Å². The Balaban J connectivity index is 1.94. The zero-order valence-corrected chi connectivity index (χ0v) is 9.51. The van der Waals surface area contributed by atoms with Crippen molar-refractivity contribution in [2.45, 2.75) is 25.2 Å². The van der Waals surface area contributed by atoms with Gasteiger partial charge in [0, 0.05) is 24.9 Å². The summed E-state index contributed by atoms with van der Waals surface area (Å²) in [4.78, 5) is 11.6. The van der Waals surface area contributed by atoms with Crippen molar-refractivity contribution in [1.82, 2.24) is 4.57 Å². The van der Waals surface area contributed by atoms with Crippen LogP contribution in [-0.4, -0.2) is 23.4 Å². The van der Waals surface area contributed by atoms with E-state index in [4.69, 9.17) is 14.2 Å². The molecule has 0 fully saturated rings. The molecule has 1 aromatic heterocycles. The van der Waals surface area contributed by atoms with Crippen molar-refractivity contribution in [2.75, 3.05) is 7.11 Å². The number of methoxy groups -OCH3 is 1. The number of carbonyl (C=O) groups excluding carboxylic acids is 1. The third kappa shape index (κ3) is 1.50. The van der Waals surface area contributed by atoms with Gasteiger partial charge in [-0.3, -0.25) is 0 Å². The van der Waals surface area contributed by atoms with Gasteiger partial charge in [0.2, 0.25) is 0 Å². The van der Waals surface area contributed by atoms with E-state index in [2.05, 4.69) is 0 Å². The first-order valence-corrected chi connectivity index (χ1v) is 5.51. The molecule has 0 unspecified atom stereocenters. The van der Waals surface area contributed by atoms with Crippen molar-refractivity contribution in [3.8, 4) is 0 Å². The lowest BCUT2D eigenvalue weighted by Gasteiger charge is -2.32. The number of fused-ring (bicyclic) bond motifs is 1. The van der Waals surface area contributed by atoms with Gasteiger partial charge < -0.3 is 18.8 Å². The summed E-state index contributed by atoms with van der Waals surface area (Å²) < 4.78 is 17.8. The highest BCUT2D eigenvalue weighted by Crippen LogP contribution is 2.34. The van der Waals surface area contributed by atoms with E-state index in [0.29, 0.717) is 12.0 Å². The van der Waals surface area contributed by atoms with E-state index < -0.39 is 5.79 Å². The van der Waals surface area contributed by atoms with Gasteiger partial charge in [0.15, 0.2) is 0 Å². The van der Waals surface area contributed by atoms with Gasteiger partial charge in [-0.1, -0.05) is 0 Å². The van der Waals surface area contributed by atoms with Crippen LogP contribution in [-0.2, 0) is 27.2 Å². The predicted molar refractivity (Wildman–Crippen MR) is 58.1 cm³/mol. The second-order valence-corrected chi connectivity index (χ2v) is 4.21. The van der Waals surface area contributed by atoms with Gasteiger partial charge >= 0.3 is 5.97 Å². The monoisotopic (exact) mass is 235 g/mol. The molecular weight excluding hydrogens is 222 g/mol. The highest BCUT2D eigenvalue weighted by molar-refractivity contribution is 5.90. The molecule has 17 heavy (non-hydrogen) atoms. The van der Waals surface area contributed by atoms with Gasteiger partial charge in [0.05, 0.1) is 19.1 Å². The van der Waals surface area contributed by atoms with Gasteiger partial charge in [-0.15, -0.1) is 0 Å². The maximum atomic E-state index is 11.6. The summed E-state index contributed by atoms with van der Waals surface area (Å²) in [6, 6.07) is 1.78. The van der Waals surface area contributed by atoms with Crippen LogP contribution in [0.15, 0.2) is 24.8 Å². The predicted octanol–water partition coefficient (Wildman–Crippen LogP) is 1.44. The quantitative estimate of drug-likeness (QED) is 0.691. The summed E-state index contributed by atoms with van der Waals surface area (Å²) >= 11 is 0. The van der Waals surface area contributed by atoms with Crippen molar-refractivity contribution >= 4 is 5.97 Å². The molecule has 2 aliphatic heterocycles. The van der Waals surface area contributed by atoms with Crippen LogP contribution in [0.3, 0.4) is 0 Å². The first-order valence-electron chi connectivity index (χ1n) is 5.51. The summed E-state index contributed by atoms with van der Waals surface area (Å²) in [5.41, 5.74) is 1.50. The van der Waals surface area contributed by atoms with E-state index in [-0.39, 0.29) is 5.97 Å². The Morgan fingerprint density at radius 1 is 1.47 bits per heavy atom. The normalized spacial score (nSPS) is 19.6. The lowest BCUT2D eigenvalue weighted by Crippen LogP contribution is -2.39. The second kappa shape index (κ2) is 3.55. The summed E-state index contributed by atoms with van der Waals surface area (Å²) in [6.45, 7) is 0.772. The third-order valence-corrected chi connectivity index (χ3v) is 3.28. The zero-order valence-electron chi connectivity index (χ0n) is 9.51. The molecule has 5 heteroatoms. The Morgan fingerprint density at radius 2 is 2.24 bits per heavy atom. The number of hydrogen-bond acceptors (Lipinski definition) is 4. The van der Waals surface area contributed by atoms with Crippen LogP contribution >= 0.6 is 0 Å². The van der Waals surface area contributed by atoms with Crippen LogP contribution in [0.1, 0.15) is 22.5 Å². The van der Waals surface area contributed by atoms with Crippen molar-refractivity contribution < 1.29 is 19.0 Å². The summed E-state index contributed by atoms with van der Waals surface area (Å²) in [6.07, 6.45) is 6.32. The molecule has 0 bridgehead atoms. The number of rotatable bonds is 1. The van der Waals surface area contributed by atoms with Crippen molar-refractivity contribution in [2.24, 2.45) is 0 Å². The summed E-state index contributed by atoms with van der Waals surface area (Å²) in [7, 11) is 1.38. The Labute approximate surface area is 98.6 Å². The van der Waals surface area contributed by atoms with Gasteiger partial charge in [-0.2, -0.15) is 0 Å². The summed E-state index contributed by atoms with van der Waals surface area (Å²) in [5.74, 6) is -0.946. The molecule has 90 valence electrons. The number of carbonyl (C=O) groups is 1. The largest absolute Gasteiger partial charge is 0.465 e. The molecule has 0 saturated heterocycles. The highest BCUT2D eigenvalue weighted by Gasteiger charge is 2.41. The van der Waals surface area contributed by atoms with E-state index in [1.165, 1.54) is 7.11 Å². The number of ether oxygens (including phenoxy) is 3. The Hall–Kier alpha value is -1.91. The minimum atomic E-state index is -0.628. The fourth-order valence-corrected chi connectivity index (χ4v) is 2.37. The molecule has 0 aromatic carbocycles. The molecule has 0 N–H and O–H groups in total. The SMILES string of the molecule is COC(=O)c1ccn2c1CC1(CC2)OC=CO1. The van der Waals surface area contributed by atoms with Crippen LogP contribution < -0.4 is 0 Å². The average molecular weight is 235 g/mol. The first-order chi connectivity index (χ1) is 8.24. The van der Waals surface area contributed by atoms with Crippen LogP contribution in [0, 0.1) is 0 Å². The molecular formula is C12H13NO4. The molecule has 3 rings (SSSR count). The molecule has 3 heterocycles. The van der Waals surface area contributed by atoms with Crippen LogP contribution in [0.5, 0.6) is 0 Å². The molecule has 1 aromatic rings. The van der Waals surface area contributed by atoms with Gasteiger partial charge in [-0.25, -0.2) is 4.79 Å². The van der Waals surface area contributed by atoms with Crippen molar-refractivity contribution in [1.29, 1.82) is 0 Å². The average Bonchev–Trinajstić information content (AvgIpc) is 2.96. The van der Waals surface area contributed by atoms with Crippen molar-refractivity contribution in [3.05, 3.63) is 36.0 Å². The molecule has 1 spiro atoms. The van der Waals surface area contributed by atoms with Crippen molar-refractivity contribution in [3.63, 3.8) is 0 Å². The van der Waals surface area contributed by atoms with E-state index in [1.807, 2.05) is 10.8 Å². The second-order valence-electron chi connectivity index (χ2n) is 4.21. The van der Waals surface area contributed by atoms with Gasteiger partial charge in [-0.05, 0) is 6.07 Å². The smallest absolute Gasteiger partial charge is 0.339 e. The Morgan fingerprint density at radius 3 is 2.94 bits per heavy atom. The minimum Gasteiger partial charge on any atom is -0.465 e. The number of esters is 1. The molecule has 2 aliphatic rings. The lowest BCUT2D eigenvalue weighted by atomic mass is 10.0. The lowest BCUT2D eigenvalue weighted by molar-refractivity contribution is -0.154. The standard InChI is InChI=1S/C12H13NO4/c1-15-11(14)9-2-4-13-5-3-12(8-10(9)13)16-6-7-17-12/h2,4,6-7H,3,5,8H2,1H3. The highest BCUT2D eigenvalue weighted by atomic mass is 16.7. The number of aromatic nitrogens is 1.